The molecule has 0 amide bonds. The molecule has 1 atom stereocenters. The number of ether oxygens (including phenoxy) is 1. The van der Waals surface area contributed by atoms with Gasteiger partial charge in [-0.05, 0) is 19.1 Å². The van der Waals surface area contributed by atoms with Gasteiger partial charge >= 0.3 is 0 Å². The van der Waals surface area contributed by atoms with E-state index in [1.165, 1.54) is 0 Å². The molecule has 0 fully saturated rings. The summed E-state index contributed by atoms with van der Waals surface area (Å²) in [5, 5.41) is 3.99. The van der Waals surface area contributed by atoms with Crippen molar-refractivity contribution < 1.29 is 4.74 Å². The van der Waals surface area contributed by atoms with E-state index < -0.39 is 0 Å². The Labute approximate surface area is 76.5 Å². The van der Waals surface area contributed by atoms with Crippen LogP contribution in [0.3, 0.4) is 0 Å². The van der Waals surface area contributed by atoms with E-state index in [1.54, 1.807) is 0 Å². The number of rotatable bonds is 0. The number of fused-ring (bicyclic) bond motifs is 1. The van der Waals surface area contributed by atoms with E-state index >= 15 is 0 Å². The number of anilines is 1. The lowest BCUT2D eigenvalue weighted by atomic mass is 10.2. The molecule has 1 heterocycles. The highest BCUT2D eigenvalue weighted by atomic mass is 35.5. The summed E-state index contributed by atoms with van der Waals surface area (Å²) in [7, 11) is 0. The fourth-order valence-corrected chi connectivity index (χ4v) is 1.49. The van der Waals surface area contributed by atoms with Crippen LogP contribution in [0.1, 0.15) is 6.92 Å². The van der Waals surface area contributed by atoms with Gasteiger partial charge in [0.2, 0.25) is 0 Å². The molecule has 0 radical (unpaired) electrons. The number of nitrogens with one attached hydrogen (secondary N) is 1. The van der Waals surface area contributed by atoms with Gasteiger partial charge in [0, 0.05) is 0 Å². The molecule has 1 aliphatic rings. The second-order valence-corrected chi connectivity index (χ2v) is 3.38. The lowest BCUT2D eigenvalue weighted by molar-refractivity contribution is 0.292. The maximum Gasteiger partial charge on any atom is 0.144 e. The zero-order valence-corrected chi connectivity index (χ0v) is 7.56. The molecular formula is C9H10ClNO. The molecule has 0 saturated carbocycles. The van der Waals surface area contributed by atoms with Crippen molar-refractivity contribution in [3.8, 4) is 5.75 Å². The Morgan fingerprint density at radius 2 is 2.42 bits per heavy atom. The Kier molecular flexibility index (Phi) is 1.85. The SMILES string of the molecule is CC1COc2cccc(Cl)c2N1. The maximum absolute atomic E-state index is 5.96. The molecule has 0 spiro atoms. The summed E-state index contributed by atoms with van der Waals surface area (Å²) >= 11 is 5.96. The van der Waals surface area contributed by atoms with Crippen LogP contribution in [-0.2, 0) is 0 Å². The van der Waals surface area contributed by atoms with Crippen molar-refractivity contribution in [3.63, 3.8) is 0 Å². The van der Waals surface area contributed by atoms with Gasteiger partial charge in [-0.3, -0.25) is 0 Å². The van der Waals surface area contributed by atoms with Crippen molar-refractivity contribution in [1.82, 2.24) is 0 Å². The van der Waals surface area contributed by atoms with E-state index in [0.717, 1.165) is 16.5 Å². The van der Waals surface area contributed by atoms with Gasteiger partial charge in [-0.1, -0.05) is 17.7 Å². The highest BCUT2D eigenvalue weighted by molar-refractivity contribution is 6.33. The third-order valence-corrected chi connectivity index (χ3v) is 2.17. The van der Waals surface area contributed by atoms with Gasteiger partial charge < -0.3 is 10.1 Å². The molecule has 1 aromatic rings. The molecule has 64 valence electrons. The standard InChI is InChI=1S/C9H10ClNO/c1-6-5-12-8-4-2-3-7(10)9(8)11-6/h2-4,6,11H,5H2,1H3. The van der Waals surface area contributed by atoms with Crippen molar-refractivity contribution in [3.05, 3.63) is 23.2 Å². The van der Waals surface area contributed by atoms with E-state index in [9.17, 15) is 0 Å². The van der Waals surface area contributed by atoms with Gasteiger partial charge in [0.05, 0.1) is 16.8 Å². The number of hydrogen-bond donors (Lipinski definition) is 1. The van der Waals surface area contributed by atoms with E-state index in [-0.39, 0.29) is 0 Å². The molecule has 0 saturated heterocycles. The highest BCUT2D eigenvalue weighted by Crippen LogP contribution is 2.34. The maximum atomic E-state index is 5.96. The largest absolute Gasteiger partial charge is 0.489 e. The Morgan fingerprint density at radius 1 is 1.58 bits per heavy atom. The summed E-state index contributed by atoms with van der Waals surface area (Å²) in [6, 6.07) is 5.99. The Balaban J connectivity index is 2.43. The topological polar surface area (TPSA) is 21.3 Å². The van der Waals surface area contributed by atoms with E-state index in [2.05, 4.69) is 12.2 Å². The normalized spacial score (nSPS) is 20.7. The number of benzene rings is 1. The first kappa shape index (κ1) is 7.74. The van der Waals surface area contributed by atoms with Crippen LogP contribution in [0.5, 0.6) is 5.75 Å². The summed E-state index contributed by atoms with van der Waals surface area (Å²) in [4.78, 5) is 0. The van der Waals surface area contributed by atoms with Crippen LogP contribution in [0, 0.1) is 0 Å². The zero-order valence-electron chi connectivity index (χ0n) is 6.80. The second-order valence-electron chi connectivity index (χ2n) is 2.97. The zero-order chi connectivity index (χ0) is 8.55. The van der Waals surface area contributed by atoms with E-state index in [1.807, 2.05) is 18.2 Å². The average Bonchev–Trinajstić information content (AvgIpc) is 2.07. The quantitative estimate of drug-likeness (QED) is 0.668. The third kappa shape index (κ3) is 1.23. The lowest BCUT2D eigenvalue weighted by Gasteiger charge is -2.25. The fraction of sp³-hybridized carbons (Fsp3) is 0.333. The van der Waals surface area contributed by atoms with Crippen molar-refractivity contribution >= 4 is 17.3 Å². The minimum absolute atomic E-state index is 0.331. The van der Waals surface area contributed by atoms with E-state index in [4.69, 9.17) is 16.3 Å². The van der Waals surface area contributed by atoms with Crippen LogP contribution in [0.25, 0.3) is 0 Å². The first-order valence-electron chi connectivity index (χ1n) is 3.95. The molecule has 3 heteroatoms. The second kappa shape index (κ2) is 2.87. The number of halogens is 1. The van der Waals surface area contributed by atoms with Gasteiger partial charge in [-0.2, -0.15) is 0 Å². The minimum Gasteiger partial charge on any atom is -0.489 e. The van der Waals surface area contributed by atoms with Crippen LogP contribution in [0.2, 0.25) is 5.02 Å². The van der Waals surface area contributed by atoms with Crippen LogP contribution >= 0.6 is 11.6 Å². The molecule has 2 nitrogen and oxygen atoms in total. The van der Waals surface area contributed by atoms with Crippen molar-refractivity contribution in [2.45, 2.75) is 13.0 Å². The predicted molar refractivity (Wildman–Crippen MR) is 50.0 cm³/mol. The van der Waals surface area contributed by atoms with Crippen LogP contribution < -0.4 is 10.1 Å². The molecule has 1 aliphatic heterocycles. The van der Waals surface area contributed by atoms with Gasteiger partial charge in [-0.25, -0.2) is 0 Å². The molecule has 1 N–H and O–H groups in total. The predicted octanol–water partition coefficient (Wildman–Crippen LogP) is 2.53. The monoisotopic (exact) mass is 183 g/mol. The molecule has 12 heavy (non-hydrogen) atoms. The smallest absolute Gasteiger partial charge is 0.144 e. The molecule has 2 rings (SSSR count). The minimum atomic E-state index is 0.331. The Morgan fingerprint density at radius 3 is 3.25 bits per heavy atom. The number of para-hydroxylation sites is 1. The highest BCUT2D eigenvalue weighted by Gasteiger charge is 2.16. The van der Waals surface area contributed by atoms with Gasteiger partial charge in [-0.15, -0.1) is 0 Å². The average molecular weight is 184 g/mol. The molecular weight excluding hydrogens is 174 g/mol. The summed E-state index contributed by atoms with van der Waals surface area (Å²) in [6.45, 7) is 2.76. The molecule has 0 aromatic heterocycles. The van der Waals surface area contributed by atoms with Crippen LogP contribution in [-0.4, -0.2) is 12.6 Å². The van der Waals surface area contributed by atoms with Crippen molar-refractivity contribution in [2.75, 3.05) is 11.9 Å². The first-order valence-corrected chi connectivity index (χ1v) is 4.33. The molecule has 1 aromatic carbocycles. The van der Waals surface area contributed by atoms with Crippen LogP contribution in [0.4, 0.5) is 5.69 Å². The summed E-state index contributed by atoms with van der Waals surface area (Å²) in [6.07, 6.45) is 0. The van der Waals surface area contributed by atoms with Gasteiger partial charge in [0.1, 0.15) is 12.4 Å². The Bertz CT molecular complexity index is 301. The molecule has 0 aliphatic carbocycles. The lowest BCUT2D eigenvalue weighted by Crippen LogP contribution is -2.28. The summed E-state index contributed by atoms with van der Waals surface area (Å²) in [5.41, 5.74) is 0.915. The third-order valence-electron chi connectivity index (χ3n) is 1.85. The van der Waals surface area contributed by atoms with Gasteiger partial charge in [0.25, 0.3) is 0 Å². The summed E-state index contributed by atoms with van der Waals surface area (Å²) < 4.78 is 5.47. The first-order chi connectivity index (χ1) is 5.77. The molecule has 0 bridgehead atoms. The van der Waals surface area contributed by atoms with E-state index in [0.29, 0.717) is 12.6 Å². The van der Waals surface area contributed by atoms with Crippen molar-refractivity contribution in [2.24, 2.45) is 0 Å². The van der Waals surface area contributed by atoms with Gasteiger partial charge in [0.15, 0.2) is 0 Å². The Hall–Kier alpha value is -0.890. The fourth-order valence-electron chi connectivity index (χ4n) is 1.27. The van der Waals surface area contributed by atoms with Crippen molar-refractivity contribution in [1.29, 1.82) is 0 Å². The van der Waals surface area contributed by atoms with Crippen LogP contribution in [0.15, 0.2) is 18.2 Å². The summed E-state index contributed by atoms with van der Waals surface area (Å²) in [5.74, 6) is 0.848. The number of hydrogen-bond acceptors (Lipinski definition) is 2. The molecule has 1 unspecified atom stereocenters.